The van der Waals surface area contributed by atoms with Crippen molar-refractivity contribution in [3.05, 3.63) is 0 Å². The van der Waals surface area contributed by atoms with Crippen molar-refractivity contribution in [2.24, 2.45) is 0 Å². The Balaban J connectivity index is 1.64. The van der Waals surface area contributed by atoms with Gasteiger partial charge in [0, 0.05) is 19.1 Å². The van der Waals surface area contributed by atoms with E-state index in [4.69, 9.17) is 4.74 Å². The molecule has 3 rings (SSSR count). The van der Waals surface area contributed by atoms with Gasteiger partial charge in [-0.05, 0) is 19.3 Å². The van der Waals surface area contributed by atoms with Gasteiger partial charge in [0.1, 0.15) is 5.67 Å². The number of hydrogen-bond donors (Lipinski definition) is 0. The quantitative estimate of drug-likeness (QED) is 0.613. The molecule has 0 radical (unpaired) electrons. The number of likely N-dealkylation sites (tertiary alicyclic amines) is 1. The lowest BCUT2D eigenvalue weighted by Crippen LogP contribution is -2.41. The van der Waals surface area contributed by atoms with Crippen LogP contribution in [0.1, 0.15) is 19.3 Å². The smallest absolute Gasteiger partial charge is 0.123 e. The molecule has 3 fully saturated rings. The second-order valence-corrected chi connectivity index (χ2v) is 4.43. The van der Waals surface area contributed by atoms with E-state index in [9.17, 15) is 4.39 Å². The highest BCUT2D eigenvalue weighted by Gasteiger charge is 2.49. The number of alkyl halides is 1. The summed E-state index contributed by atoms with van der Waals surface area (Å²) >= 11 is 0. The van der Waals surface area contributed by atoms with Gasteiger partial charge in [-0.15, -0.1) is 0 Å². The molecule has 2 heterocycles. The zero-order valence-electron chi connectivity index (χ0n) is 7.13. The molecule has 0 aromatic carbocycles. The Morgan fingerprint density at radius 3 is 2.83 bits per heavy atom. The topological polar surface area (TPSA) is 12.5 Å². The molecule has 0 aromatic rings. The largest absolute Gasteiger partial charge is 0.375 e. The van der Waals surface area contributed by atoms with Gasteiger partial charge in [0.2, 0.25) is 0 Å². The first kappa shape index (κ1) is 7.27. The van der Waals surface area contributed by atoms with Gasteiger partial charge in [0.05, 0.1) is 12.7 Å². The summed E-state index contributed by atoms with van der Waals surface area (Å²) in [5.41, 5.74) is -0.815. The monoisotopic (exact) mass is 171 g/mol. The lowest BCUT2D eigenvalue weighted by atomic mass is 10.2. The van der Waals surface area contributed by atoms with Crippen molar-refractivity contribution in [2.45, 2.75) is 37.1 Å². The van der Waals surface area contributed by atoms with Crippen LogP contribution in [-0.4, -0.2) is 42.4 Å². The Morgan fingerprint density at radius 1 is 1.50 bits per heavy atom. The van der Waals surface area contributed by atoms with Crippen LogP contribution in [0, 0.1) is 0 Å². The van der Waals surface area contributed by atoms with Crippen LogP contribution in [0.2, 0.25) is 0 Å². The van der Waals surface area contributed by atoms with Crippen LogP contribution < -0.4 is 0 Å². The third-order valence-corrected chi connectivity index (χ3v) is 3.29. The van der Waals surface area contributed by atoms with Crippen LogP contribution in [-0.2, 0) is 4.74 Å². The Kier molecular flexibility index (Phi) is 1.34. The SMILES string of the molecule is FC1(CN2CC3CC2CO3)CC1. The van der Waals surface area contributed by atoms with Crippen molar-refractivity contribution in [1.29, 1.82) is 0 Å². The molecule has 2 bridgehead atoms. The number of morpholine rings is 1. The minimum atomic E-state index is -0.815. The van der Waals surface area contributed by atoms with E-state index in [2.05, 4.69) is 4.90 Å². The van der Waals surface area contributed by atoms with Crippen molar-refractivity contribution in [2.75, 3.05) is 19.7 Å². The molecule has 0 amide bonds. The molecule has 12 heavy (non-hydrogen) atoms. The summed E-state index contributed by atoms with van der Waals surface area (Å²) in [7, 11) is 0. The standard InChI is InChI=1S/C9H14FNO/c10-9(1-2-9)6-11-4-8-3-7(11)5-12-8/h7-8H,1-6H2. The molecular weight excluding hydrogens is 157 g/mol. The molecule has 1 saturated carbocycles. The number of fused-ring (bicyclic) bond motifs is 2. The van der Waals surface area contributed by atoms with Gasteiger partial charge >= 0.3 is 0 Å². The second-order valence-electron chi connectivity index (χ2n) is 4.43. The minimum absolute atomic E-state index is 0.414. The van der Waals surface area contributed by atoms with Crippen LogP contribution in [0.25, 0.3) is 0 Å². The maximum absolute atomic E-state index is 13.4. The van der Waals surface area contributed by atoms with E-state index in [1.54, 1.807) is 0 Å². The van der Waals surface area contributed by atoms with Crippen molar-refractivity contribution >= 4 is 0 Å². The van der Waals surface area contributed by atoms with E-state index < -0.39 is 5.67 Å². The van der Waals surface area contributed by atoms with E-state index in [1.165, 1.54) is 0 Å². The molecule has 68 valence electrons. The van der Waals surface area contributed by atoms with E-state index in [1.807, 2.05) is 0 Å². The highest BCUT2D eigenvalue weighted by atomic mass is 19.1. The first-order chi connectivity index (χ1) is 5.75. The average Bonchev–Trinajstić information content (AvgIpc) is 2.48. The summed E-state index contributed by atoms with van der Waals surface area (Å²) in [5.74, 6) is 0. The fraction of sp³-hybridized carbons (Fsp3) is 1.00. The highest BCUT2D eigenvalue weighted by molar-refractivity contribution is 5.01. The minimum Gasteiger partial charge on any atom is -0.375 e. The normalized spacial score (nSPS) is 43.8. The predicted molar refractivity (Wildman–Crippen MR) is 42.8 cm³/mol. The molecule has 2 aliphatic heterocycles. The van der Waals surface area contributed by atoms with Crippen molar-refractivity contribution in [1.82, 2.24) is 4.90 Å². The van der Waals surface area contributed by atoms with Crippen LogP contribution in [0.15, 0.2) is 0 Å². The Morgan fingerprint density at radius 2 is 2.33 bits per heavy atom. The fourth-order valence-electron chi connectivity index (χ4n) is 2.33. The van der Waals surface area contributed by atoms with Gasteiger partial charge in [-0.25, -0.2) is 4.39 Å². The summed E-state index contributed by atoms with van der Waals surface area (Å²) < 4.78 is 18.8. The van der Waals surface area contributed by atoms with E-state index in [0.717, 1.165) is 32.4 Å². The predicted octanol–water partition coefficient (Wildman–Crippen LogP) is 0.962. The number of halogens is 1. The molecule has 2 atom stereocenters. The second kappa shape index (κ2) is 2.20. The lowest BCUT2D eigenvalue weighted by Gasteiger charge is -2.27. The summed E-state index contributed by atoms with van der Waals surface area (Å²) in [4.78, 5) is 2.28. The number of nitrogens with zero attached hydrogens (tertiary/aromatic N) is 1. The van der Waals surface area contributed by atoms with Crippen LogP contribution in [0.3, 0.4) is 0 Å². The third kappa shape index (κ3) is 1.07. The van der Waals surface area contributed by atoms with Crippen molar-refractivity contribution in [3.8, 4) is 0 Å². The number of hydrogen-bond acceptors (Lipinski definition) is 2. The lowest BCUT2D eigenvalue weighted by molar-refractivity contribution is 0.0184. The van der Waals surface area contributed by atoms with E-state index in [-0.39, 0.29) is 0 Å². The van der Waals surface area contributed by atoms with E-state index in [0.29, 0.717) is 18.7 Å². The zero-order chi connectivity index (χ0) is 8.18. The molecule has 3 aliphatic rings. The van der Waals surface area contributed by atoms with Gasteiger partial charge in [-0.3, -0.25) is 4.90 Å². The highest BCUT2D eigenvalue weighted by Crippen LogP contribution is 2.42. The molecule has 3 heteroatoms. The van der Waals surface area contributed by atoms with Gasteiger partial charge in [-0.2, -0.15) is 0 Å². The molecule has 2 unspecified atom stereocenters. The molecule has 0 spiro atoms. The zero-order valence-corrected chi connectivity index (χ0v) is 7.13. The first-order valence-corrected chi connectivity index (χ1v) is 4.80. The molecular formula is C9H14FNO. The Bertz CT molecular complexity index is 205. The van der Waals surface area contributed by atoms with Crippen LogP contribution in [0.4, 0.5) is 4.39 Å². The van der Waals surface area contributed by atoms with Gasteiger partial charge in [0.25, 0.3) is 0 Å². The van der Waals surface area contributed by atoms with Gasteiger partial charge < -0.3 is 4.74 Å². The maximum Gasteiger partial charge on any atom is 0.123 e. The number of ether oxygens (including phenoxy) is 1. The van der Waals surface area contributed by atoms with Gasteiger partial charge in [0.15, 0.2) is 0 Å². The summed E-state index contributed by atoms with van der Waals surface area (Å²) in [5, 5.41) is 0. The van der Waals surface area contributed by atoms with Gasteiger partial charge in [-0.1, -0.05) is 0 Å². The summed E-state index contributed by atoms with van der Waals surface area (Å²) in [6.07, 6.45) is 3.11. The number of rotatable bonds is 2. The Hall–Kier alpha value is -0.150. The van der Waals surface area contributed by atoms with Crippen molar-refractivity contribution < 1.29 is 9.13 Å². The van der Waals surface area contributed by atoms with Crippen LogP contribution in [0.5, 0.6) is 0 Å². The third-order valence-electron chi connectivity index (χ3n) is 3.29. The van der Waals surface area contributed by atoms with Crippen molar-refractivity contribution in [3.63, 3.8) is 0 Å². The fourth-order valence-corrected chi connectivity index (χ4v) is 2.33. The molecule has 0 N–H and O–H groups in total. The average molecular weight is 171 g/mol. The Labute approximate surface area is 71.7 Å². The molecule has 2 saturated heterocycles. The summed E-state index contributed by atoms with van der Waals surface area (Å²) in [6, 6.07) is 0.531. The first-order valence-electron chi connectivity index (χ1n) is 4.80. The van der Waals surface area contributed by atoms with E-state index >= 15 is 0 Å². The molecule has 0 aromatic heterocycles. The molecule has 2 nitrogen and oxygen atoms in total. The maximum atomic E-state index is 13.4. The molecule has 1 aliphatic carbocycles. The summed E-state index contributed by atoms with van der Waals surface area (Å²) in [6.45, 7) is 2.47. The van der Waals surface area contributed by atoms with Crippen LogP contribution >= 0.6 is 0 Å².